The monoisotopic (exact) mass is 374 g/mol. The van der Waals surface area contributed by atoms with Gasteiger partial charge in [-0.3, -0.25) is 0 Å². The molecule has 27 heavy (non-hydrogen) atoms. The lowest BCUT2D eigenvalue weighted by Crippen LogP contribution is -2.14. The van der Waals surface area contributed by atoms with Crippen molar-refractivity contribution in [3.8, 4) is 0 Å². The molecule has 0 unspecified atom stereocenters. The number of aliphatic hydroxyl groups is 1. The summed E-state index contributed by atoms with van der Waals surface area (Å²) in [5.41, 5.74) is 1.01. The maximum atomic E-state index is 11.6. The average molecular weight is 374 g/mol. The van der Waals surface area contributed by atoms with Crippen LogP contribution in [0.5, 0.6) is 0 Å². The van der Waals surface area contributed by atoms with Gasteiger partial charge in [-0.1, -0.05) is 43.3 Å². The molecule has 0 aliphatic carbocycles. The lowest BCUT2D eigenvalue weighted by atomic mass is 10.2. The summed E-state index contributed by atoms with van der Waals surface area (Å²) in [6, 6.07) is 17.5. The number of hydrogen-bond acceptors (Lipinski definition) is 6. The molecule has 0 bridgehead atoms. The number of carbonyl (C=O) groups is 2. The molecule has 0 fully saturated rings. The Hall–Kier alpha value is -2.70. The average Bonchev–Trinajstić information content (AvgIpc) is 2.74. The predicted molar refractivity (Wildman–Crippen MR) is 102 cm³/mol. The Morgan fingerprint density at radius 2 is 1.11 bits per heavy atom. The van der Waals surface area contributed by atoms with Crippen molar-refractivity contribution in [2.24, 2.45) is 0 Å². The Morgan fingerprint density at radius 3 is 1.44 bits per heavy atom. The summed E-state index contributed by atoms with van der Waals surface area (Å²) in [7, 11) is 0. The standard InChI is InChI=1S/C18H18O5.C3H8O/c19-17(15-7-3-1-4-8-15)22-13-11-21-12-14-23-18(20)16-9-5-2-6-10-16;1-2-3-4/h1-10H,11-14H2;4H,2-3H2,1H3. The van der Waals surface area contributed by atoms with E-state index in [2.05, 4.69) is 0 Å². The van der Waals surface area contributed by atoms with Crippen LogP contribution in [0.25, 0.3) is 0 Å². The summed E-state index contributed by atoms with van der Waals surface area (Å²) >= 11 is 0. The first-order valence-corrected chi connectivity index (χ1v) is 8.82. The summed E-state index contributed by atoms with van der Waals surface area (Å²) in [5, 5.41) is 7.88. The molecule has 0 aromatic heterocycles. The molecule has 0 aliphatic heterocycles. The van der Waals surface area contributed by atoms with E-state index in [1.54, 1.807) is 48.5 Å². The molecule has 0 amide bonds. The van der Waals surface area contributed by atoms with E-state index >= 15 is 0 Å². The highest BCUT2D eigenvalue weighted by molar-refractivity contribution is 5.89. The van der Waals surface area contributed by atoms with Crippen LogP contribution in [0.4, 0.5) is 0 Å². The van der Waals surface area contributed by atoms with Crippen molar-refractivity contribution in [3.05, 3.63) is 71.8 Å². The van der Waals surface area contributed by atoms with Gasteiger partial charge in [0.25, 0.3) is 0 Å². The van der Waals surface area contributed by atoms with Gasteiger partial charge in [0.05, 0.1) is 24.3 Å². The van der Waals surface area contributed by atoms with Crippen LogP contribution in [0.2, 0.25) is 0 Å². The molecule has 0 radical (unpaired) electrons. The molecule has 146 valence electrons. The van der Waals surface area contributed by atoms with Crippen LogP contribution in [-0.4, -0.2) is 50.1 Å². The lowest BCUT2D eigenvalue weighted by molar-refractivity contribution is 0.0151. The van der Waals surface area contributed by atoms with E-state index in [1.807, 2.05) is 19.1 Å². The fourth-order valence-electron chi connectivity index (χ4n) is 1.80. The van der Waals surface area contributed by atoms with E-state index in [4.69, 9.17) is 19.3 Å². The molecule has 2 aromatic carbocycles. The van der Waals surface area contributed by atoms with E-state index in [-0.39, 0.29) is 38.4 Å². The third-order valence-corrected chi connectivity index (χ3v) is 3.16. The van der Waals surface area contributed by atoms with Gasteiger partial charge in [0, 0.05) is 6.61 Å². The second kappa shape index (κ2) is 14.5. The lowest BCUT2D eigenvalue weighted by Gasteiger charge is -2.07. The quantitative estimate of drug-likeness (QED) is 0.536. The van der Waals surface area contributed by atoms with Crippen LogP contribution in [0, 0.1) is 0 Å². The zero-order chi connectivity index (χ0) is 19.7. The molecule has 6 nitrogen and oxygen atoms in total. The van der Waals surface area contributed by atoms with Crippen LogP contribution < -0.4 is 0 Å². The number of hydrogen-bond donors (Lipinski definition) is 1. The van der Waals surface area contributed by atoms with Crippen molar-refractivity contribution >= 4 is 11.9 Å². The minimum atomic E-state index is -0.385. The fraction of sp³-hybridized carbons (Fsp3) is 0.333. The normalized spacial score (nSPS) is 9.70. The zero-order valence-corrected chi connectivity index (χ0v) is 15.5. The molecule has 2 rings (SSSR count). The number of rotatable bonds is 9. The molecular formula is C21H26O6. The molecule has 0 saturated heterocycles. The molecule has 0 aliphatic rings. The van der Waals surface area contributed by atoms with Crippen LogP contribution in [0.3, 0.4) is 0 Å². The van der Waals surface area contributed by atoms with Gasteiger partial charge in [-0.15, -0.1) is 0 Å². The molecule has 0 atom stereocenters. The van der Waals surface area contributed by atoms with Gasteiger partial charge in [0.2, 0.25) is 0 Å². The van der Waals surface area contributed by atoms with Crippen molar-refractivity contribution in [3.63, 3.8) is 0 Å². The van der Waals surface area contributed by atoms with Gasteiger partial charge in [-0.05, 0) is 30.7 Å². The third kappa shape index (κ3) is 10.1. The van der Waals surface area contributed by atoms with Crippen molar-refractivity contribution in [2.75, 3.05) is 33.0 Å². The zero-order valence-electron chi connectivity index (χ0n) is 15.5. The minimum absolute atomic E-state index is 0.153. The largest absolute Gasteiger partial charge is 0.460 e. The summed E-state index contributed by atoms with van der Waals surface area (Å²) in [6.45, 7) is 3.06. The highest BCUT2D eigenvalue weighted by atomic mass is 16.6. The van der Waals surface area contributed by atoms with Gasteiger partial charge in [-0.25, -0.2) is 9.59 Å². The maximum absolute atomic E-state index is 11.6. The van der Waals surface area contributed by atoms with Crippen molar-refractivity contribution in [1.82, 2.24) is 0 Å². The highest BCUT2D eigenvalue weighted by Gasteiger charge is 2.06. The molecule has 1 N–H and O–H groups in total. The smallest absolute Gasteiger partial charge is 0.338 e. The van der Waals surface area contributed by atoms with Gasteiger partial charge in [0.1, 0.15) is 13.2 Å². The van der Waals surface area contributed by atoms with Gasteiger partial charge in [0.15, 0.2) is 0 Å². The van der Waals surface area contributed by atoms with Gasteiger partial charge < -0.3 is 19.3 Å². The molecule has 6 heteroatoms. The van der Waals surface area contributed by atoms with E-state index in [1.165, 1.54) is 0 Å². The van der Waals surface area contributed by atoms with E-state index in [0.29, 0.717) is 17.7 Å². The Morgan fingerprint density at radius 1 is 0.741 bits per heavy atom. The molecule has 2 aromatic rings. The van der Waals surface area contributed by atoms with Crippen LogP contribution >= 0.6 is 0 Å². The summed E-state index contributed by atoms with van der Waals surface area (Å²) in [5.74, 6) is -0.769. The number of carbonyl (C=O) groups excluding carboxylic acids is 2. The van der Waals surface area contributed by atoms with Crippen molar-refractivity contribution < 1.29 is 28.9 Å². The van der Waals surface area contributed by atoms with E-state index < -0.39 is 0 Å². The number of aliphatic hydroxyl groups excluding tert-OH is 1. The Balaban J connectivity index is 0.000000828. The number of benzene rings is 2. The number of esters is 2. The van der Waals surface area contributed by atoms with Gasteiger partial charge >= 0.3 is 11.9 Å². The second-order valence-corrected chi connectivity index (χ2v) is 5.34. The summed E-state index contributed by atoms with van der Waals surface area (Å²) in [6.07, 6.45) is 0.875. The van der Waals surface area contributed by atoms with E-state index in [9.17, 15) is 9.59 Å². The SMILES string of the molecule is CCCO.O=C(OCCOCCOC(=O)c1ccccc1)c1ccccc1. The predicted octanol–water partition coefficient (Wildman–Crippen LogP) is 3.11. The van der Waals surface area contributed by atoms with Gasteiger partial charge in [-0.2, -0.15) is 0 Å². The second-order valence-electron chi connectivity index (χ2n) is 5.34. The Labute approximate surface area is 159 Å². The molecule has 0 saturated carbocycles. The van der Waals surface area contributed by atoms with Crippen LogP contribution in [0.1, 0.15) is 34.1 Å². The first-order valence-electron chi connectivity index (χ1n) is 8.82. The summed E-state index contributed by atoms with van der Waals surface area (Å²) < 4.78 is 15.4. The minimum Gasteiger partial charge on any atom is -0.460 e. The van der Waals surface area contributed by atoms with E-state index in [0.717, 1.165) is 6.42 Å². The maximum Gasteiger partial charge on any atom is 0.338 e. The van der Waals surface area contributed by atoms with Crippen molar-refractivity contribution in [2.45, 2.75) is 13.3 Å². The Kier molecular flexibility index (Phi) is 12.0. The number of ether oxygens (including phenoxy) is 3. The molecular weight excluding hydrogens is 348 g/mol. The first-order chi connectivity index (χ1) is 13.2. The third-order valence-electron chi connectivity index (χ3n) is 3.16. The van der Waals surface area contributed by atoms with Crippen LogP contribution in [0.15, 0.2) is 60.7 Å². The fourth-order valence-corrected chi connectivity index (χ4v) is 1.80. The molecule has 0 heterocycles. The first kappa shape index (κ1) is 22.3. The summed E-state index contributed by atoms with van der Waals surface area (Å²) in [4.78, 5) is 23.3. The highest BCUT2D eigenvalue weighted by Crippen LogP contribution is 2.02. The van der Waals surface area contributed by atoms with Crippen molar-refractivity contribution in [1.29, 1.82) is 0 Å². The topological polar surface area (TPSA) is 82.1 Å². The molecule has 0 spiro atoms. The van der Waals surface area contributed by atoms with Crippen LogP contribution in [-0.2, 0) is 14.2 Å². The Bertz CT molecular complexity index is 585.